The minimum atomic E-state index is 0.231. The number of anilines is 1. The lowest BCUT2D eigenvalue weighted by atomic mass is 10.3. The van der Waals surface area contributed by atoms with Crippen molar-refractivity contribution in [2.45, 2.75) is 13.0 Å². The Hall–Kier alpha value is -2.04. The SMILES string of the molecule is COc1ccc(NC=C2C=NC(C)CO2)cn1. The highest BCUT2D eigenvalue weighted by atomic mass is 16.5. The number of nitrogens with one attached hydrogen (secondary N) is 1. The van der Waals surface area contributed by atoms with E-state index in [-0.39, 0.29) is 6.04 Å². The molecule has 0 fully saturated rings. The first-order valence-electron chi connectivity index (χ1n) is 5.40. The van der Waals surface area contributed by atoms with E-state index in [1.54, 1.807) is 31.8 Å². The second-order valence-electron chi connectivity index (χ2n) is 3.72. The number of ether oxygens (including phenoxy) is 2. The van der Waals surface area contributed by atoms with E-state index in [9.17, 15) is 0 Å². The van der Waals surface area contributed by atoms with Gasteiger partial charge in [-0.2, -0.15) is 0 Å². The lowest BCUT2D eigenvalue weighted by Crippen LogP contribution is -2.16. The predicted molar refractivity (Wildman–Crippen MR) is 66.4 cm³/mol. The first-order chi connectivity index (χ1) is 8.28. The van der Waals surface area contributed by atoms with E-state index < -0.39 is 0 Å². The summed E-state index contributed by atoms with van der Waals surface area (Å²) in [6.07, 6.45) is 5.18. The maximum absolute atomic E-state index is 5.46. The fourth-order valence-electron chi connectivity index (χ4n) is 1.32. The molecule has 0 radical (unpaired) electrons. The van der Waals surface area contributed by atoms with Gasteiger partial charge in [0.1, 0.15) is 6.61 Å². The quantitative estimate of drug-likeness (QED) is 0.865. The molecule has 1 aliphatic rings. The summed E-state index contributed by atoms with van der Waals surface area (Å²) in [6.45, 7) is 2.62. The number of hydrogen-bond acceptors (Lipinski definition) is 5. The van der Waals surface area contributed by atoms with Crippen molar-refractivity contribution >= 4 is 11.9 Å². The highest BCUT2D eigenvalue weighted by Crippen LogP contribution is 2.12. The lowest BCUT2D eigenvalue weighted by molar-refractivity contribution is 0.208. The molecular weight excluding hydrogens is 218 g/mol. The van der Waals surface area contributed by atoms with Crippen molar-refractivity contribution in [3.8, 4) is 5.88 Å². The molecule has 2 rings (SSSR count). The van der Waals surface area contributed by atoms with Crippen molar-refractivity contribution in [1.82, 2.24) is 4.98 Å². The van der Waals surface area contributed by atoms with Crippen LogP contribution in [0.1, 0.15) is 6.92 Å². The number of aromatic nitrogens is 1. The number of aliphatic imine (C=N–C) groups is 1. The number of methoxy groups -OCH3 is 1. The molecule has 90 valence electrons. The Balaban J connectivity index is 1.97. The van der Waals surface area contributed by atoms with Gasteiger partial charge in [-0.15, -0.1) is 0 Å². The van der Waals surface area contributed by atoms with E-state index in [0.717, 1.165) is 11.4 Å². The van der Waals surface area contributed by atoms with Gasteiger partial charge in [-0.1, -0.05) is 0 Å². The van der Waals surface area contributed by atoms with Crippen LogP contribution in [0.15, 0.2) is 35.3 Å². The Morgan fingerprint density at radius 3 is 3.00 bits per heavy atom. The summed E-state index contributed by atoms with van der Waals surface area (Å²) in [4.78, 5) is 8.34. The van der Waals surface area contributed by atoms with Crippen LogP contribution in [0.5, 0.6) is 5.88 Å². The molecule has 0 saturated carbocycles. The fourth-order valence-corrected chi connectivity index (χ4v) is 1.32. The average Bonchev–Trinajstić information content (AvgIpc) is 2.39. The first-order valence-corrected chi connectivity index (χ1v) is 5.40. The smallest absolute Gasteiger partial charge is 0.213 e. The molecule has 5 heteroatoms. The Kier molecular flexibility index (Phi) is 3.59. The number of pyridine rings is 1. The monoisotopic (exact) mass is 233 g/mol. The van der Waals surface area contributed by atoms with Crippen molar-refractivity contribution < 1.29 is 9.47 Å². The molecule has 1 aliphatic heterocycles. The third kappa shape index (κ3) is 3.21. The van der Waals surface area contributed by atoms with Gasteiger partial charge in [-0.05, 0) is 13.0 Å². The third-order valence-electron chi connectivity index (χ3n) is 2.27. The molecule has 0 aliphatic carbocycles. The summed E-state index contributed by atoms with van der Waals surface area (Å²) in [5.41, 5.74) is 0.869. The zero-order valence-corrected chi connectivity index (χ0v) is 9.88. The number of allylic oxidation sites excluding steroid dienone is 1. The molecule has 17 heavy (non-hydrogen) atoms. The Morgan fingerprint density at radius 2 is 2.41 bits per heavy atom. The first kappa shape index (κ1) is 11.4. The van der Waals surface area contributed by atoms with Gasteiger partial charge in [0.2, 0.25) is 5.88 Å². The number of rotatable bonds is 3. The summed E-state index contributed by atoms with van der Waals surface area (Å²) < 4.78 is 10.4. The van der Waals surface area contributed by atoms with Crippen LogP contribution in [-0.4, -0.2) is 31.0 Å². The standard InChI is InChI=1S/C12H15N3O2/c1-9-8-17-11(6-13-9)7-14-10-3-4-12(16-2)15-5-10/h3-7,9,14H,8H2,1-2H3. The molecule has 0 saturated heterocycles. The van der Waals surface area contributed by atoms with Crippen molar-refractivity contribution in [1.29, 1.82) is 0 Å². The maximum Gasteiger partial charge on any atom is 0.213 e. The minimum absolute atomic E-state index is 0.231. The molecule has 0 amide bonds. The number of nitrogens with zero attached hydrogens (tertiary/aromatic N) is 2. The Morgan fingerprint density at radius 1 is 1.53 bits per heavy atom. The van der Waals surface area contributed by atoms with Crippen LogP contribution in [0, 0.1) is 0 Å². The van der Waals surface area contributed by atoms with Crippen LogP contribution in [-0.2, 0) is 4.74 Å². The van der Waals surface area contributed by atoms with Gasteiger partial charge in [-0.25, -0.2) is 4.98 Å². The van der Waals surface area contributed by atoms with Gasteiger partial charge in [-0.3, -0.25) is 4.99 Å². The summed E-state index contributed by atoms with van der Waals surface area (Å²) in [5.74, 6) is 1.31. The van der Waals surface area contributed by atoms with Gasteiger partial charge in [0.25, 0.3) is 0 Å². The van der Waals surface area contributed by atoms with E-state index in [0.29, 0.717) is 12.5 Å². The summed E-state index contributed by atoms with van der Waals surface area (Å²) in [7, 11) is 1.59. The molecule has 1 unspecified atom stereocenters. The van der Waals surface area contributed by atoms with Crippen LogP contribution in [0.4, 0.5) is 5.69 Å². The fraction of sp³-hybridized carbons (Fsp3) is 0.333. The summed E-state index contributed by atoms with van der Waals surface area (Å²) in [6, 6.07) is 3.90. The van der Waals surface area contributed by atoms with E-state index >= 15 is 0 Å². The summed E-state index contributed by atoms with van der Waals surface area (Å²) in [5, 5.41) is 3.08. The van der Waals surface area contributed by atoms with Gasteiger partial charge >= 0.3 is 0 Å². The van der Waals surface area contributed by atoms with Gasteiger partial charge < -0.3 is 14.8 Å². The van der Waals surface area contributed by atoms with Crippen LogP contribution < -0.4 is 10.1 Å². The zero-order valence-electron chi connectivity index (χ0n) is 9.88. The van der Waals surface area contributed by atoms with Gasteiger partial charge in [0, 0.05) is 12.3 Å². The Labute approximate surface area is 100 Å². The molecule has 1 aromatic rings. The average molecular weight is 233 g/mol. The lowest BCUT2D eigenvalue weighted by Gasteiger charge is -2.15. The molecule has 0 spiro atoms. The van der Waals surface area contributed by atoms with Crippen LogP contribution in [0.2, 0.25) is 0 Å². The number of hydrogen-bond donors (Lipinski definition) is 1. The van der Waals surface area contributed by atoms with Crippen molar-refractivity contribution in [3.05, 3.63) is 30.3 Å². The second kappa shape index (κ2) is 5.34. The molecule has 2 heterocycles. The van der Waals surface area contributed by atoms with Gasteiger partial charge in [0.15, 0.2) is 5.76 Å². The molecule has 1 N–H and O–H groups in total. The van der Waals surface area contributed by atoms with Crippen molar-refractivity contribution in [2.75, 3.05) is 19.0 Å². The third-order valence-corrected chi connectivity index (χ3v) is 2.27. The highest BCUT2D eigenvalue weighted by molar-refractivity contribution is 5.77. The minimum Gasteiger partial charge on any atom is -0.488 e. The normalized spacial score (nSPS) is 21.1. The van der Waals surface area contributed by atoms with E-state index in [4.69, 9.17) is 9.47 Å². The molecular formula is C12H15N3O2. The van der Waals surface area contributed by atoms with Crippen molar-refractivity contribution in [2.24, 2.45) is 4.99 Å². The molecule has 0 aromatic carbocycles. The Bertz CT molecular complexity index is 426. The van der Waals surface area contributed by atoms with Crippen molar-refractivity contribution in [3.63, 3.8) is 0 Å². The molecule has 1 atom stereocenters. The van der Waals surface area contributed by atoms with E-state index in [1.807, 2.05) is 13.0 Å². The second-order valence-corrected chi connectivity index (χ2v) is 3.72. The maximum atomic E-state index is 5.46. The highest BCUT2D eigenvalue weighted by Gasteiger charge is 2.06. The van der Waals surface area contributed by atoms with Crippen LogP contribution >= 0.6 is 0 Å². The predicted octanol–water partition coefficient (Wildman–Crippen LogP) is 1.83. The zero-order chi connectivity index (χ0) is 12.1. The van der Waals surface area contributed by atoms with E-state index in [2.05, 4.69) is 15.3 Å². The molecule has 0 bridgehead atoms. The van der Waals surface area contributed by atoms with Crippen LogP contribution in [0.25, 0.3) is 0 Å². The molecule has 5 nitrogen and oxygen atoms in total. The topological polar surface area (TPSA) is 55.7 Å². The van der Waals surface area contributed by atoms with E-state index in [1.165, 1.54) is 0 Å². The van der Waals surface area contributed by atoms with Crippen LogP contribution in [0.3, 0.4) is 0 Å². The largest absolute Gasteiger partial charge is 0.488 e. The molecule has 1 aromatic heterocycles. The van der Waals surface area contributed by atoms with Gasteiger partial charge in [0.05, 0.1) is 31.3 Å². The summed E-state index contributed by atoms with van der Waals surface area (Å²) >= 11 is 0.